The van der Waals surface area contributed by atoms with Crippen LogP contribution in [-0.4, -0.2) is 18.1 Å². The number of fused-ring (bicyclic) bond motifs is 1. The predicted octanol–water partition coefficient (Wildman–Crippen LogP) is 4.03. The Kier molecular flexibility index (Phi) is 2.96. The molecule has 1 aromatic carbocycles. The zero-order chi connectivity index (χ0) is 12.6. The summed E-state index contributed by atoms with van der Waals surface area (Å²) in [5.41, 5.74) is 3.07. The van der Waals surface area contributed by atoms with E-state index in [0.29, 0.717) is 11.6 Å². The van der Waals surface area contributed by atoms with E-state index in [1.807, 2.05) is 0 Å². The zero-order valence-electron chi connectivity index (χ0n) is 11.6. The van der Waals surface area contributed by atoms with Crippen LogP contribution in [-0.2, 0) is 0 Å². The lowest BCUT2D eigenvalue weighted by Crippen LogP contribution is -2.59. The number of rotatable bonds is 1. The van der Waals surface area contributed by atoms with Gasteiger partial charge in [-0.15, -0.1) is 0 Å². The topological polar surface area (TPSA) is 15.3 Å². The van der Waals surface area contributed by atoms with Gasteiger partial charge in [-0.2, -0.15) is 0 Å². The number of anilines is 2. The molecule has 18 heavy (non-hydrogen) atoms. The molecule has 1 fully saturated rings. The van der Waals surface area contributed by atoms with Crippen LogP contribution in [0.4, 0.5) is 11.4 Å². The van der Waals surface area contributed by atoms with Crippen molar-refractivity contribution >= 4 is 11.4 Å². The first kappa shape index (κ1) is 11.9. The lowest BCUT2D eigenvalue weighted by molar-refractivity contribution is 0.270. The molecule has 1 aliphatic heterocycles. The lowest BCUT2D eigenvalue weighted by Gasteiger charge is -2.53. The van der Waals surface area contributed by atoms with E-state index in [9.17, 15) is 0 Å². The van der Waals surface area contributed by atoms with Crippen molar-refractivity contribution in [3.05, 3.63) is 24.3 Å². The summed E-state index contributed by atoms with van der Waals surface area (Å²) in [7, 11) is 0. The number of nitrogens with zero attached hydrogens (tertiary/aromatic N) is 1. The van der Waals surface area contributed by atoms with E-state index >= 15 is 0 Å². The SMILES string of the molecule is CC(C)N1c2ccccc2NCC12CCCCC2. The normalized spacial score (nSPS) is 21.8. The van der Waals surface area contributed by atoms with Crippen LogP contribution in [0.5, 0.6) is 0 Å². The monoisotopic (exact) mass is 244 g/mol. The molecule has 0 saturated heterocycles. The molecule has 1 N–H and O–H groups in total. The van der Waals surface area contributed by atoms with Crippen LogP contribution < -0.4 is 10.2 Å². The van der Waals surface area contributed by atoms with Gasteiger partial charge in [0.1, 0.15) is 0 Å². The Bertz CT molecular complexity index is 419. The second kappa shape index (κ2) is 4.49. The van der Waals surface area contributed by atoms with Crippen LogP contribution in [0.2, 0.25) is 0 Å². The number of benzene rings is 1. The highest BCUT2D eigenvalue weighted by Gasteiger charge is 2.42. The van der Waals surface area contributed by atoms with Gasteiger partial charge in [-0.3, -0.25) is 0 Å². The van der Waals surface area contributed by atoms with Crippen LogP contribution >= 0.6 is 0 Å². The highest BCUT2D eigenvalue weighted by Crippen LogP contribution is 2.44. The minimum Gasteiger partial charge on any atom is -0.381 e. The predicted molar refractivity (Wildman–Crippen MR) is 78.4 cm³/mol. The van der Waals surface area contributed by atoms with Gasteiger partial charge in [0, 0.05) is 12.6 Å². The smallest absolute Gasteiger partial charge is 0.0609 e. The van der Waals surface area contributed by atoms with E-state index in [2.05, 4.69) is 48.3 Å². The van der Waals surface area contributed by atoms with Crippen molar-refractivity contribution in [2.45, 2.75) is 57.5 Å². The van der Waals surface area contributed by atoms with E-state index < -0.39 is 0 Å². The molecular weight excluding hydrogens is 220 g/mol. The van der Waals surface area contributed by atoms with E-state index in [1.165, 1.54) is 43.5 Å². The van der Waals surface area contributed by atoms with Gasteiger partial charge in [-0.1, -0.05) is 31.4 Å². The van der Waals surface area contributed by atoms with E-state index in [0.717, 1.165) is 6.54 Å². The number of hydrogen-bond acceptors (Lipinski definition) is 2. The molecule has 0 amide bonds. The van der Waals surface area contributed by atoms with Crippen LogP contribution in [0.15, 0.2) is 24.3 Å². The van der Waals surface area contributed by atoms with Gasteiger partial charge < -0.3 is 10.2 Å². The molecule has 1 aromatic rings. The second-order valence-electron chi connectivity index (χ2n) is 6.12. The van der Waals surface area contributed by atoms with Gasteiger partial charge in [-0.05, 0) is 38.8 Å². The van der Waals surface area contributed by atoms with Crippen LogP contribution in [0.1, 0.15) is 46.0 Å². The molecule has 1 aliphatic carbocycles. The maximum absolute atomic E-state index is 3.67. The van der Waals surface area contributed by atoms with E-state index in [1.54, 1.807) is 0 Å². The number of hydrogen-bond donors (Lipinski definition) is 1. The highest BCUT2D eigenvalue weighted by molar-refractivity contribution is 5.74. The zero-order valence-corrected chi connectivity index (χ0v) is 11.6. The third-order valence-electron chi connectivity index (χ3n) is 4.58. The minimum absolute atomic E-state index is 0.362. The first-order valence-corrected chi connectivity index (χ1v) is 7.35. The molecule has 0 atom stereocenters. The fourth-order valence-electron chi connectivity index (χ4n) is 3.89. The van der Waals surface area contributed by atoms with Crippen molar-refractivity contribution in [2.24, 2.45) is 0 Å². The van der Waals surface area contributed by atoms with Gasteiger partial charge in [-0.25, -0.2) is 0 Å². The molecule has 1 heterocycles. The molecule has 0 unspecified atom stereocenters. The summed E-state index contributed by atoms with van der Waals surface area (Å²) in [5, 5.41) is 3.67. The Labute approximate surface area is 110 Å². The van der Waals surface area contributed by atoms with Gasteiger partial charge in [0.25, 0.3) is 0 Å². The van der Waals surface area contributed by atoms with E-state index in [4.69, 9.17) is 0 Å². The van der Waals surface area contributed by atoms with Crippen molar-refractivity contribution in [3.63, 3.8) is 0 Å². The number of nitrogens with one attached hydrogen (secondary N) is 1. The Morgan fingerprint density at radius 3 is 2.56 bits per heavy atom. The first-order chi connectivity index (χ1) is 8.73. The average Bonchev–Trinajstić information content (AvgIpc) is 2.39. The summed E-state index contributed by atoms with van der Waals surface area (Å²) in [6, 6.07) is 9.35. The minimum atomic E-state index is 0.362. The first-order valence-electron chi connectivity index (χ1n) is 7.35. The summed E-state index contributed by atoms with van der Waals surface area (Å²) in [5.74, 6) is 0. The molecule has 1 spiro atoms. The molecule has 2 heteroatoms. The third-order valence-corrected chi connectivity index (χ3v) is 4.58. The quantitative estimate of drug-likeness (QED) is 0.802. The standard InChI is InChI=1S/C16H24N2/c1-13(2)18-15-9-5-4-8-14(15)17-12-16(18)10-6-3-7-11-16/h4-5,8-9,13,17H,3,6-7,10-12H2,1-2H3. The Morgan fingerprint density at radius 2 is 1.83 bits per heavy atom. The Hall–Kier alpha value is -1.18. The molecule has 2 aliphatic rings. The van der Waals surface area contributed by atoms with Gasteiger partial charge >= 0.3 is 0 Å². The molecule has 0 radical (unpaired) electrons. The van der Waals surface area contributed by atoms with Crippen molar-refractivity contribution in [3.8, 4) is 0 Å². The van der Waals surface area contributed by atoms with Crippen molar-refractivity contribution in [2.75, 3.05) is 16.8 Å². The van der Waals surface area contributed by atoms with Crippen LogP contribution in [0.25, 0.3) is 0 Å². The fourth-order valence-corrected chi connectivity index (χ4v) is 3.89. The summed E-state index contributed by atoms with van der Waals surface area (Å²) >= 11 is 0. The largest absolute Gasteiger partial charge is 0.381 e. The molecule has 0 aromatic heterocycles. The fraction of sp³-hybridized carbons (Fsp3) is 0.625. The number of para-hydroxylation sites is 2. The summed E-state index contributed by atoms with van der Waals surface area (Å²) in [4.78, 5) is 2.69. The summed E-state index contributed by atoms with van der Waals surface area (Å²) < 4.78 is 0. The molecule has 2 nitrogen and oxygen atoms in total. The lowest BCUT2D eigenvalue weighted by atomic mass is 9.77. The maximum atomic E-state index is 3.67. The molecule has 0 bridgehead atoms. The molecule has 98 valence electrons. The van der Waals surface area contributed by atoms with Crippen molar-refractivity contribution in [1.82, 2.24) is 0 Å². The van der Waals surface area contributed by atoms with Gasteiger partial charge in [0.2, 0.25) is 0 Å². The highest BCUT2D eigenvalue weighted by atomic mass is 15.3. The summed E-state index contributed by atoms with van der Waals surface area (Å²) in [6.07, 6.45) is 6.86. The van der Waals surface area contributed by atoms with Gasteiger partial charge in [0.05, 0.1) is 16.9 Å². The molecular formula is C16H24N2. The van der Waals surface area contributed by atoms with Crippen molar-refractivity contribution in [1.29, 1.82) is 0 Å². The van der Waals surface area contributed by atoms with Crippen LogP contribution in [0.3, 0.4) is 0 Å². The molecule has 1 saturated carbocycles. The van der Waals surface area contributed by atoms with Gasteiger partial charge in [0.15, 0.2) is 0 Å². The second-order valence-corrected chi connectivity index (χ2v) is 6.12. The molecule has 3 rings (SSSR count). The Morgan fingerprint density at radius 1 is 1.11 bits per heavy atom. The van der Waals surface area contributed by atoms with E-state index in [-0.39, 0.29) is 0 Å². The Balaban J connectivity index is 2.03. The third kappa shape index (κ3) is 1.79. The van der Waals surface area contributed by atoms with Crippen LogP contribution in [0, 0.1) is 0 Å². The summed E-state index contributed by atoms with van der Waals surface area (Å²) in [6.45, 7) is 5.78. The maximum Gasteiger partial charge on any atom is 0.0609 e. The average molecular weight is 244 g/mol. The van der Waals surface area contributed by atoms with Crippen molar-refractivity contribution < 1.29 is 0 Å².